The van der Waals surface area contributed by atoms with Gasteiger partial charge in [-0.2, -0.15) is 0 Å². The molecule has 0 radical (unpaired) electrons. The summed E-state index contributed by atoms with van der Waals surface area (Å²) in [6.45, 7) is 6.46. The van der Waals surface area contributed by atoms with E-state index in [1.54, 1.807) is 185 Å². The number of sulfonamides is 3. The van der Waals surface area contributed by atoms with Gasteiger partial charge in [0.1, 0.15) is 47.8 Å². The van der Waals surface area contributed by atoms with Gasteiger partial charge in [0.25, 0.3) is 53.7 Å². The van der Waals surface area contributed by atoms with Crippen LogP contribution in [0.5, 0.6) is 17.2 Å². The van der Waals surface area contributed by atoms with Crippen molar-refractivity contribution in [1.82, 2.24) is 29.4 Å². The third-order valence-corrected chi connectivity index (χ3v) is 35.5. The summed E-state index contributed by atoms with van der Waals surface area (Å²) in [5.41, 5.74) is 22.3. The summed E-state index contributed by atoms with van der Waals surface area (Å²) >= 11 is 0. The topological polar surface area (TPSA) is 448 Å². The molecular formula is C93H100N18O17S5. The minimum Gasteiger partial charge on any atom is -0.494 e. The van der Waals surface area contributed by atoms with Crippen LogP contribution in [-0.4, -0.2) is 213 Å². The maximum Gasteiger partial charge on any atom is 0.280 e. The number of carbonyl (C=O) groups excluding carboxylic acids is 6. The zero-order chi connectivity index (χ0) is 92.0. The summed E-state index contributed by atoms with van der Waals surface area (Å²) in [5, 5.41) is 33.9. The average Bonchev–Trinajstić information content (AvgIpc) is 1.48. The second kappa shape index (κ2) is 36.2. The number of fused-ring (bicyclic) bond motifs is 15. The van der Waals surface area contributed by atoms with Crippen LogP contribution in [0.25, 0.3) is 31.3 Å². The Labute approximate surface area is 778 Å². The molecule has 2 N–H and O–H groups in total. The molecule has 20 rings (SSSR count). The van der Waals surface area contributed by atoms with Crippen LogP contribution in [0.15, 0.2) is 267 Å². The van der Waals surface area contributed by atoms with Crippen molar-refractivity contribution in [3.8, 4) is 17.2 Å². The van der Waals surface area contributed by atoms with Crippen molar-refractivity contribution in [1.29, 1.82) is 0 Å². The first-order valence-electron chi connectivity index (χ1n) is 41.7. The number of rotatable bonds is 24. The van der Waals surface area contributed by atoms with Gasteiger partial charge in [-0.25, -0.2) is 38.2 Å². The van der Waals surface area contributed by atoms with Crippen LogP contribution in [0.2, 0.25) is 0 Å². The van der Waals surface area contributed by atoms with E-state index in [4.69, 9.17) is 30.8 Å². The van der Waals surface area contributed by atoms with Crippen molar-refractivity contribution in [3.05, 3.63) is 301 Å². The molecule has 133 heavy (non-hydrogen) atoms. The Hall–Kier alpha value is -13.0. The molecule has 11 heterocycles. The van der Waals surface area contributed by atoms with Crippen molar-refractivity contribution in [3.63, 3.8) is 0 Å². The Morgan fingerprint density at radius 3 is 1.17 bits per heavy atom. The minimum atomic E-state index is -4.39. The molecule has 694 valence electrons. The van der Waals surface area contributed by atoms with Gasteiger partial charge in [-0.15, -0.1) is 0 Å². The second-order valence-electron chi connectivity index (χ2n) is 33.3. The maximum absolute atomic E-state index is 14.6. The fraction of sp³-hybridized carbons (Fsp3) is 0.355. The molecule has 35 nitrogen and oxygen atoms in total. The van der Waals surface area contributed by atoms with Crippen LogP contribution in [0.3, 0.4) is 0 Å². The third kappa shape index (κ3) is 14.7. The molecule has 11 aliphatic rings. The smallest absolute Gasteiger partial charge is 0.280 e. The number of carbonyl (C=O) groups is 6. The normalized spacial score (nSPS) is 26.3. The molecule has 40 heteroatoms. The van der Waals surface area contributed by atoms with Gasteiger partial charge < -0.3 is 44.0 Å². The van der Waals surface area contributed by atoms with Crippen molar-refractivity contribution < 1.29 is 78.4 Å². The van der Waals surface area contributed by atoms with E-state index in [1.807, 2.05) is 60.7 Å². The van der Waals surface area contributed by atoms with Crippen molar-refractivity contribution in [2.45, 2.75) is 164 Å². The lowest BCUT2D eigenvalue weighted by molar-refractivity contribution is -0.224. The van der Waals surface area contributed by atoms with Crippen LogP contribution >= 0.6 is 21.6 Å². The molecule has 12 atom stereocenters. The summed E-state index contributed by atoms with van der Waals surface area (Å²) in [5.74, 6) is -1.29. The monoisotopic (exact) mass is 1900 g/mol. The molecule has 8 fully saturated rings. The molecule has 0 saturated carbocycles. The molecule has 0 aliphatic carbocycles. The van der Waals surface area contributed by atoms with E-state index in [1.165, 1.54) is 76.2 Å². The van der Waals surface area contributed by atoms with Gasteiger partial charge in [0.2, 0.25) is 23.3 Å². The molecule has 8 saturated heterocycles. The SMILES string of the molecule is C.C.C.CN1C(=O)[C@@]23C[C@]4(c5ccc(OCCCN=[N+]=[N-])cc5)c5ccccc5N(S(=O)(=O)c5ccccc5)[C@@H]4N2C(=O)[C@]1(C)SS3.CN1C(=O)[C@]2(O)C[C@]3(c4ccc(OCCCN=[N+]=[N-])cc4)c4ccccc4N(S(=O)(=O)c4ccccc4)[C@@H]3N2C(=O)[C@@]1(C)O.C[C@H]1C(=O)N2[C@@H](C[C@]3(c4ccc(OCCCN=[N+]=[N-])cc4)c4ccccc4N(S(=O)(=O)c4ccccc4)[C@H]23)C(=O)N1C. The first-order chi connectivity index (χ1) is 62.3. The van der Waals surface area contributed by atoms with Gasteiger partial charge in [0.05, 0.1) is 67.8 Å². The number of nitrogens with zero attached hydrogens (tertiary/aromatic N) is 18. The number of hydrogen-bond donors (Lipinski definition) is 2. The van der Waals surface area contributed by atoms with E-state index in [9.17, 15) is 64.2 Å². The van der Waals surface area contributed by atoms with Gasteiger partial charge >= 0.3 is 0 Å². The van der Waals surface area contributed by atoms with Crippen LogP contribution < -0.4 is 27.1 Å². The quantitative estimate of drug-likeness (QED) is 0.0186. The van der Waals surface area contributed by atoms with Gasteiger partial charge in [-0.3, -0.25) is 38.6 Å². The summed E-state index contributed by atoms with van der Waals surface area (Å²) in [7, 11) is -5.54. The fourth-order valence-electron chi connectivity index (χ4n) is 20.0. The highest BCUT2D eigenvalue weighted by Crippen LogP contribution is 2.72. The Kier molecular flexibility index (Phi) is 26.1. The summed E-state index contributed by atoms with van der Waals surface area (Å²) in [4.78, 5) is 97.7. The largest absolute Gasteiger partial charge is 0.494 e. The van der Waals surface area contributed by atoms with E-state index < -0.39 is 110 Å². The highest BCUT2D eigenvalue weighted by Gasteiger charge is 2.81. The van der Waals surface area contributed by atoms with E-state index >= 15 is 0 Å². The zero-order valence-corrected chi connectivity index (χ0v) is 75.1. The number of aliphatic hydroxyl groups is 2. The van der Waals surface area contributed by atoms with Crippen molar-refractivity contribution in [2.75, 3.05) is 73.5 Å². The first kappa shape index (κ1) is 96.1. The van der Waals surface area contributed by atoms with Crippen LogP contribution in [-0.2, 0) is 75.1 Å². The van der Waals surface area contributed by atoms with E-state index in [2.05, 4.69) is 30.1 Å². The van der Waals surface area contributed by atoms with Gasteiger partial charge in [0, 0.05) is 68.4 Å². The Morgan fingerprint density at radius 1 is 0.421 bits per heavy atom. The van der Waals surface area contributed by atoms with Gasteiger partial charge in [-0.1, -0.05) is 205 Å². The molecule has 2 bridgehead atoms. The number of piperazine rings is 3. The predicted octanol–water partition coefficient (Wildman–Crippen LogP) is 13.7. The van der Waals surface area contributed by atoms with Crippen LogP contribution in [0.1, 0.15) is 115 Å². The van der Waals surface area contributed by atoms with Crippen molar-refractivity contribution in [2.24, 2.45) is 15.3 Å². The molecular weight excluding hydrogens is 1800 g/mol. The van der Waals surface area contributed by atoms with E-state index in [0.717, 1.165) is 43.3 Å². The summed E-state index contributed by atoms with van der Waals surface area (Å²) in [6.07, 6.45) is -1.82. The van der Waals surface area contributed by atoms with Gasteiger partial charge in [-0.05, 0) is 187 Å². The standard InChI is InChI=1S/C30H30N6O7S.C30H28N6O5S3.C30H30N6O5S.3CH4/c1-28(39)26(37)35-25-29(19-30(35,40)27(38)34(28)2,20-13-15-21(16-14-20)43-18-8-17-32-33-31)23-11-6-7-12-24(23)36(25)44(41,42)22-9-4-3-5-10-22;1-28-26(37)35-25-29(19-30(35,43-42-28)27(38)34(28)2,20-13-15-21(16-14-20)41-18-8-17-32-33-31)23-11-6-7-12-24(23)36(25)44(39,40)22-9-4-3-5-10-22;1-20-27(37)35-26(28(38)34(20)2)19-30(21-13-15-22(16-14-21)41-18-8-17-32-33-31)24-11-6-7-12-25(24)36(29(30)35)42(39,40)23-9-4-3-5-10-23;;;/h3-7,9-16,25,39-40H,8,17-19H2,1-2H3;3-7,9-16,25H,8,17-19H2,1-2H3;3-7,9-16,20,26,29H,8,17-19H2,1-2H3;3*1H4/t25-,28+,29-,30+;25-,28-,29-,30-;20-,26-,29-,30-;;;/m000.../s1. The highest BCUT2D eigenvalue weighted by atomic mass is 33.1. The fourth-order valence-corrected chi connectivity index (χ4v) is 28.6. The van der Waals surface area contributed by atoms with Crippen LogP contribution in [0.4, 0.5) is 17.1 Å². The molecule has 9 aromatic carbocycles. The maximum atomic E-state index is 14.6. The summed E-state index contributed by atoms with van der Waals surface area (Å²) < 4.78 is 108. The lowest BCUT2D eigenvalue weighted by Crippen LogP contribution is -2.76. The first-order valence-corrected chi connectivity index (χ1v) is 48.2. The molecule has 1 spiro atoms. The average molecular weight is 1900 g/mol. The molecule has 0 unspecified atom stereocenters. The number of anilines is 3. The number of para-hydroxylation sites is 3. The number of amides is 6. The molecule has 6 amide bonds. The number of hydrogen-bond acceptors (Lipinski definition) is 22. The molecule has 9 aromatic rings. The molecule has 0 aromatic heterocycles. The predicted molar refractivity (Wildman–Crippen MR) is 501 cm³/mol. The number of azide groups is 3. The second-order valence-corrected chi connectivity index (χ2v) is 41.5. The Bertz CT molecular complexity index is 6490. The number of benzene rings is 9. The van der Waals surface area contributed by atoms with Crippen LogP contribution in [0, 0.1) is 0 Å². The van der Waals surface area contributed by atoms with E-state index in [0.29, 0.717) is 85.3 Å². The number of likely N-dealkylation sites (N-methyl/N-ethyl adjacent to an activating group) is 3. The zero-order valence-electron chi connectivity index (χ0n) is 71.0. The van der Waals surface area contributed by atoms with Crippen molar-refractivity contribution >= 4 is 104 Å². The third-order valence-electron chi connectivity index (χ3n) is 26.5. The Morgan fingerprint density at radius 2 is 0.774 bits per heavy atom. The highest BCUT2D eigenvalue weighted by molar-refractivity contribution is 8.78. The number of ether oxygens (including phenoxy) is 3. The lowest BCUT2D eigenvalue weighted by atomic mass is 9.72. The summed E-state index contributed by atoms with van der Waals surface area (Å²) in [6, 6.07) is 65.4. The Balaban J connectivity index is 0.000000159. The molecule has 11 aliphatic heterocycles. The minimum absolute atomic E-state index is 0. The lowest BCUT2D eigenvalue weighted by Gasteiger charge is -2.58. The van der Waals surface area contributed by atoms with Gasteiger partial charge in [0.15, 0.2) is 9.74 Å². The van der Waals surface area contributed by atoms with E-state index in [-0.39, 0.29) is 98.7 Å².